The van der Waals surface area contributed by atoms with Crippen molar-refractivity contribution in [3.63, 3.8) is 0 Å². The van der Waals surface area contributed by atoms with E-state index >= 15 is 0 Å². The maximum atomic E-state index is 12.3. The molecule has 0 spiro atoms. The predicted molar refractivity (Wildman–Crippen MR) is 75.3 cm³/mol. The number of rotatable bonds is 4. The normalized spacial score (nSPS) is 16.2. The quantitative estimate of drug-likeness (QED) is 0.774. The van der Waals surface area contributed by atoms with Crippen molar-refractivity contribution < 1.29 is 13.2 Å². The predicted octanol–water partition coefficient (Wildman–Crippen LogP) is 0.775. The summed E-state index contributed by atoms with van der Waals surface area (Å²) in [6, 6.07) is 1.34. The molecule has 3 rings (SSSR count). The molecule has 3 N–H and O–H groups in total. The van der Waals surface area contributed by atoms with Gasteiger partial charge in [-0.2, -0.15) is 4.31 Å². The Morgan fingerprint density at radius 1 is 1.29 bits per heavy atom. The Balaban J connectivity index is 1.78. The summed E-state index contributed by atoms with van der Waals surface area (Å²) in [5.41, 5.74) is 0.171. The Bertz CT molecular complexity index is 729. The molecular formula is C12H15N5O3S. The van der Waals surface area contributed by atoms with Gasteiger partial charge in [-0.1, -0.05) is 0 Å². The zero-order valence-electron chi connectivity index (χ0n) is 11.2. The Morgan fingerprint density at radius 3 is 2.71 bits per heavy atom. The van der Waals surface area contributed by atoms with E-state index in [2.05, 4.69) is 20.3 Å². The van der Waals surface area contributed by atoms with Crippen molar-refractivity contribution in [3.05, 3.63) is 30.4 Å². The summed E-state index contributed by atoms with van der Waals surface area (Å²) < 4.78 is 26.1. The van der Waals surface area contributed by atoms with Crippen molar-refractivity contribution >= 4 is 21.9 Å². The molecule has 1 saturated heterocycles. The number of H-pyrrole nitrogens is 2. The smallest absolute Gasteiger partial charge is 0.274 e. The van der Waals surface area contributed by atoms with E-state index in [0.29, 0.717) is 19.0 Å². The topological polar surface area (TPSA) is 111 Å². The molecule has 112 valence electrons. The lowest BCUT2D eigenvalue weighted by atomic mass is 10.4. The highest BCUT2D eigenvalue weighted by Gasteiger charge is 2.28. The molecule has 1 fully saturated rings. The molecule has 3 heterocycles. The SMILES string of the molecule is O=C(Nc1ncc[nH]1)c1cc(S(=O)(=O)N2CCCC2)c[nH]1. The van der Waals surface area contributed by atoms with Crippen LogP contribution < -0.4 is 5.32 Å². The van der Waals surface area contributed by atoms with E-state index < -0.39 is 15.9 Å². The van der Waals surface area contributed by atoms with Crippen LogP contribution in [0.25, 0.3) is 0 Å². The second-order valence-corrected chi connectivity index (χ2v) is 6.69. The van der Waals surface area contributed by atoms with Gasteiger partial charge in [0.25, 0.3) is 5.91 Å². The number of aromatic nitrogens is 3. The zero-order chi connectivity index (χ0) is 14.9. The summed E-state index contributed by atoms with van der Waals surface area (Å²) in [5, 5.41) is 2.53. The van der Waals surface area contributed by atoms with Crippen molar-refractivity contribution in [2.45, 2.75) is 17.7 Å². The number of carbonyl (C=O) groups excluding carboxylic acids is 1. The lowest BCUT2D eigenvalue weighted by Crippen LogP contribution is -2.27. The molecule has 0 radical (unpaired) electrons. The van der Waals surface area contributed by atoms with Gasteiger partial charge >= 0.3 is 0 Å². The summed E-state index contributed by atoms with van der Waals surface area (Å²) in [6.45, 7) is 1.06. The Hall–Kier alpha value is -2.13. The molecule has 21 heavy (non-hydrogen) atoms. The highest BCUT2D eigenvalue weighted by Crippen LogP contribution is 2.21. The van der Waals surface area contributed by atoms with Crippen LogP contribution in [-0.4, -0.2) is 46.7 Å². The number of sulfonamides is 1. The molecule has 0 saturated carbocycles. The number of hydrogen-bond donors (Lipinski definition) is 3. The van der Waals surface area contributed by atoms with E-state index in [0.717, 1.165) is 12.8 Å². The Kier molecular flexibility index (Phi) is 3.52. The highest BCUT2D eigenvalue weighted by molar-refractivity contribution is 7.89. The van der Waals surface area contributed by atoms with Gasteiger partial charge in [0.15, 0.2) is 0 Å². The van der Waals surface area contributed by atoms with Gasteiger partial charge in [-0.05, 0) is 18.9 Å². The van der Waals surface area contributed by atoms with Crippen LogP contribution in [0.5, 0.6) is 0 Å². The molecule has 9 heteroatoms. The van der Waals surface area contributed by atoms with Gasteiger partial charge in [0.2, 0.25) is 16.0 Å². The Labute approximate surface area is 121 Å². The minimum atomic E-state index is -3.51. The first-order valence-corrected chi connectivity index (χ1v) is 8.01. The van der Waals surface area contributed by atoms with E-state index in [-0.39, 0.29) is 10.6 Å². The van der Waals surface area contributed by atoms with E-state index in [1.807, 2.05) is 0 Å². The fraction of sp³-hybridized carbons (Fsp3) is 0.333. The number of nitrogens with one attached hydrogen (secondary N) is 3. The number of nitrogens with zero attached hydrogens (tertiary/aromatic N) is 2. The van der Waals surface area contributed by atoms with Crippen LogP contribution in [0.2, 0.25) is 0 Å². The maximum Gasteiger partial charge on any atom is 0.274 e. The Morgan fingerprint density at radius 2 is 2.05 bits per heavy atom. The summed E-state index contributed by atoms with van der Waals surface area (Å²) in [6.07, 6.45) is 6.16. The fourth-order valence-corrected chi connectivity index (χ4v) is 3.75. The third kappa shape index (κ3) is 2.69. The molecule has 1 amide bonds. The average Bonchev–Trinajstić information content (AvgIpc) is 3.20. The first-order chi connectivity index (χ1) is 10.1. The van der Waals surface area contributed by atoms with E-state index in [9.17, 15) is 13.2 Å². The first-order valence-electron chi connectivity index (χ1n) is 6.57. The van der Waals surface area contributed by atoms with E-state index in [1.54, 1.807) is 6.20 Å². The number of carbonyl (C=O) groups is 1. The fourth-order valence-electron chi connectivity index (χ4n) is 2.24. The van der Waals surface area contributed by atoms with Gasteiger partial charge in [0.05, 0.1) is 0 Å². The van der Waals surface area contributed by atoms with Crippen molar-refractivity contribution in [1.82, 2.24) is 19.3 Å². The molecule has 8 nitrogen and oxygen atoms in total. The van der Waals surface area contributed by atoms with Gasteiger partial charge in [-0.3, -0.25) is 10.1 Å². The second-order valence-electron chi connectivity index (χ2n) is 4.75. The number of anilines is 1. The molecule has 0 aromatic carbocycles. The molecule has 2 aromatic rings. The van der Waals surface area contributed by atoms with Crippen LogP contribution in [0.4, 0.5) is 5.95 Å². The van der Waals surface area contributed by atoms with E-state index in [1.165, 1.54) is 22.8 Å². The van der Waals surface area contributed by atoms with Crippen molar-refractivity contribution in [1.29, 1.82) is 0 Å². The number of hydrogen-bond acceptors (Lipinski definition) is 4. The van der Waals surface area contributed by atoms with Crippen LogP contribution >= 0.6 is 0 Å². The van der Waals surface area contributed by atoms with Gasteiger partial charge in [-0.25, -0.2) is 13.4 Å². The minimum Gasteiger partial charge on any atom is -0.356 e. The van der Waals surface area contributed by atoms with E-state index in [4.69, 9.17) is 0 Å². The maximum absolute atomic E-state index is 12.3. The summed E-state index contributed by atoms with van der Waals surface area (Å²) in [5.74, 6) is -0.147. The van der Waals surface area contributed by atoms with Gasteiger partial charge < -0.3 is 9.97 Å². The number of aromatic amines is 2. The van der Waals surface area contributed by atoms with Gasteiger partial charge in [0.1, 0.15) is 10.6 Å². The summed E-state index contributed by atoms with van der Waals surface area (Å²) >= 11 is 0. The first kappa shape index (κ1) is 13.8. The number of amides is 1. The van der Waals surface area contributed by atoms with Crippen LogP contribution in [-0.2, 0) is 10.0 Å². The standard InChI is InChI=1S/C12H15N5O3S/c18-11(16-12-13-3-4-14-12)10-7-9(8-15-10)21(19,20)17-5-1-2-6-17/h3-4,7-8,15H,1-2,5-6H2,(H2,13,14,16,18). The molecule has 0 atom stereocenters. The third-order valence-corrected chi connectivity index (χ3v) is 5.21. The summed E-state index contributed by atoms with van der Waals surface area (Å²) in [7, 11) is -3.51. The molecule has 2 aromatic heterocycles. The van der Waals surface area contributed by atoms with Crippen molar-refractivity contribution in [2.75, 3.05) is 18.4 Å². The lowest BCUT2D eigenvalue weighted by molar-refractivity contribution is 0.102. The van der Waals surface area contributed by atoms with Crippen LogP contribution in [0.15, 0.2) is 29.6 Å². The third-order valence-electron chi connectivity index (χ3n) is 3.33. The molecule has 0 unspecified atom stereocenters. The van der Waals surface area contributed by atoms with Crippen LogP contribution in [0.1, 0.15) is 23.3 Å². The van der Waals surface area contributed by atoms with Gasteiger partial charge in [-0.15, -0.1) is 0 Å². The van der Waals surface area contributed by atoms with Crippen LogP contribution in [0.3, 0.4) is 0 Å². The molecular weight excluding hydrogens is 294 g/mol. The largest absolute Gasteiger partial charge is 0.356 e. The molecule has 1 aliphatic heterocycles. The number of imidazole rings is 1. The van der Waals surface area contributed by atoms with Crippen LogP contribution in [0, 0.1) is 0 Å². The molecule has 0 aliphatic carbocycles. The van der Waals surface area contributed by atoms with Crippen molar-refractivity contribution in [2.24, 2.45) is 0 Å². The van der Waals surface area contributed by atoms with Gasteiger partial charge in [0, 0.05) is 31.7 Å². The average molecular weight is 309 g/mol. The molecule has 1 aliphatic rings. The monoisotopic (exact) mass is 309 g/mol. The second kappa shape index (κ2) is 5.34. The zero-order valence-corrected chi connectivity index (χ0v) is 12.0. The lowest BCUT2D eigenvalue weighted by Gasteiger charge is -2.13. The van der Waals surface area contributed by atoms with Crippen molar-refractivity contribution in [3.8, 4) is 0 Å². The highest BCUT2D eigenvalue weighted by atomic mass is 32.2. The summed E-state index contributed by atoms with van der Waals surface area (Å²) in [4.78, 5) is 21.4. The molecule has 0 bridgehead atoms. The minimum absolute atomic E-state index is 0.106.